The van der Waals surface area contributed by atoms with Crippen molar-refractivity contribution in [2.45, 2.75) is 0 Å². The Balaban J connectivity index is 1.14. The summed E-state index contributed by atoms with van der Waals surface area (Å²) in [6, 6.07) is 54.8. The van der Waals surface area contributed by atoms with Crippen LogP contribution < -0.4 is 0 Å². The number of fused-ring (bicyclic) bond motifs is 3. The maximum atomic E-state index is 5.06. The van der Waals surface area contributed by atoms with Crippen molar-refractivity contribution < 1.29 is 0 Å². The Labute approximate surface area is 282 Å². The molecule has 3 heterocycles. The van der Waals surface area contributed by atoms with Crippen LogP contribution in [0.4, 0.5) is 0 Å². The van der Waals surface area contributed by atoms with E-state index in [1.54, 1.807) is 0 Å². The number of para-hydroxylation sites is 1. The fourth-order valence-electron chi connectivity index (χ4n) is 6.07. The number of hydrogen-bond acceptors (Lipinski definition) is 6. The van der Waals surface area contributed by atoms with Crippen LogP contribution in [0.2, 0.25) is 0 Å². The minimum absolute atomic E-state index is 0.612. The van der Waals surface area contributed by atoms with Gasteiger partial charge in [-0.25, -0.2) is 24.9 Å². The molecule has 0 bridgehead atoms. The van der Waals surface area contributed by atoms with Gasteiger partial charge in [-0.1, -0.05) is 140 Å². The topological polar surface area (TPSA) is 81.8 Å². The van der Waals surface area contributed by atoms with E-state index in [2.05, 4.69) is 24.3 Å². The normalized spacial score (nSPS) is 11.3. The molecule has 0 aliphatic rings. The molecule has 230 valence electrons. The van der Waals surface area contributed by atoms with Gasteiger partial charge in [0.1, 0.15) is 0 Å². The zero-order chi connectivity index (χ0) is 32.6. The number of benzene rings is 6. The summed E-state index contributed by atoms with van der Waals surface area (Å²) in [5.74, 6) is 3.25. The number of aromatic nitrogens is 7. The number of hydrogen-bond donors (Lipinski definition) is 0. The highest BCUT2D eigenvalue weighted by Crippen LogP contribution is 2.31. The van der Waals surface area contributed by atoms with Gasteiger partial charge in [0.15, 0.2) is 34.8 Å². The lowest BCUT2D eigenvalue weighted by atomic mass is 10.0. The Kier molecular flexibility index (Phi) is 6.98. The van der Waals surface area contributed by atoms with E-state index in [0.29, 0.717) is 23.3 Å². The Hall–Kier alpha value is -6.86. The van der Waals surface area contributed by atoms with Gasteiger partial charge >= 0.3 is 0 Å². The molecule has 0 atom stereocenters. The maximum Gasteiger partial charge on any atom is 0.182 e. The van der Waals surface area contributed by atoms with E-state index in [4.69, 9.17) is 30.0 Å². The Bertz CT molecular complexity index is 2540. The van der Waals surface area contributed by atoms with Crippen molar-refractivity contribution in [3.63, 3.8) is 0 Å². The molecule has 3 aromatic heterocycles. The standard InChI is InChI=1S/C42H27N7/c1-4-14-28(15-5-1)37-44-38(29-16-6-2-7-17-29)46-39(45-37)33-22-12-20-31(26-33)32-21-13-23-34(27-32)40-47-42-35-24-10-11-25-36(35)43-41(49(42)48-40)30-18-8-3-9-19-30/h1-27H. The van der Waals surface area contributed by atoms with Crippen molar-refractivity contribution in [2.24, 2.45) is 0 Å². The second-order valence-corrected chi connectivity index (χ2v) is 11.7. The third kappa shape index (κ3) is 5.39. The molecule has 7 heteroatoms. The lowest BCUT2D eigenvalue weighted by molar-refractivity contribution is 0.949. The summed E-state index contributed by atoms with van der Waals surface area (Å²) in [5, 5.41) is 5.95. The highest BCUT2D eigenvalue weighted by Gasteiger charge is 2.17. The molecule has 9 aromatic rings. The van der Waals surface area contributed by atoms with Gasteiger partial charge < -0.3 is 0 Å². The maximum absolute atomic E-state index is 5.06. The molecule has 0 saturated heterocycles. The zero-order valence-corrected chi connectivity index (χ0v) is 26.2. The van der Waals surface area contributed by atoms with Crippen LogP contribution >= 0.6 is 0 Å². The van der Waals surface area contributed by atoms with Crippen LogP contribution in [0, 0.1) is 0 Å². The first-order valence-electron chi connectivity index (χ1n) is 16.1. The van der Waals surface area contributed by atoms with Gasteiger partial charge in [0, 0.05) is 33.2 Å². The van der Waals surface area contributed by atoms with Crippen molar-refractivity contribution in [1.29, 1.82) is 0 Å². The van der Waals surface area contributed by atoms with Gasteiger partial charge in [-0.05, 0) is 35.4 Å². The van der Waals surface area contributed by atoms with Crippen LogP contribution in [0.1, 0.15) is 0 Å². The van der Waals surface area contributed by atoms with Crippen LogP contribution in [-0.2, 0) is 0 Å². The minimum Gasteiger partial charge on any atom is -0.228 e. The van der Waals surface area contributed by atoms with Gasteiger partial charge in [-0.2, -0.15) is 4.52 Å². The van der Waals surface area contributed by atoms with Crippen molar-refractivity contribution in [1.82, 2.24) is 34.5 Å². The number of rotatable bonds is 6. The summed E-state index contributed by atoms with van der Waals surface area (Å²) in [5.41, 5.74) is 8.37. The molecule has 0 fully saturated rings. The lowest BCUT2D eigenvalue weighted by Crippen LogP contribution is -2.00. The van der Waals surface area contributed by atoms with Crippen LogP contribution in [0.25, 0.3) is 84.6 Å². The highest BCUT2D eigenvalue weighted by atomic mass is 15.3. The van der Waals surface area contributed by atoms with E-state index >= 15 is 0 Å². The van der Waals surface area contributed by atoms with Crippen LogP contribution in [0.5, 0.6) is 0 Å². The predicted molar refractivity (Wildman–Crippen MR) is 194 cm³/mol. The average Bonchev–Trinajstić information content (AvgIpc) is 3.65. The summed E-state index contributed by atoms with van der Waals surface area (Å²) in [6.45, 7) is 0. The molecule has 0 aliphatic carbocycles. The first-order chi connectivity index (χ1) is 24.3. The molecule has 0 amide bonds. The lowest BCUT2D eigenvalue weighted by Gasteiger charge is -2.10. The summed E-state index contributed by atoms with van der Waals surface area (Å²) >= 11 is 0. The van der Waals surface area contributed by atoms with E-state index in [0.717, 1.165) is 61.3 Å². The van der Waals surface area contributed by atoms with Gasteiger partial charge in [-0.3, -0.25) is 0 Å². The monoisotopic (exact) mass is 629 g/mol. The van der Waals surface area contributed by atoms with Gasteiger partial charge in [-0.15, -0.1) is 5.10 Å². The highest BCUT2D eigenvalue weighted by molar-refractivity contribution is 5.93. The molecule has 0 saturated carbocycles. The first-order valence-corrected chi connectivity index (χ1v) is 16.1. The second kappa shape index (κ2) is 12.1. The third-order valence-electron chi connectivity index (χ3n) is 8.49. The van der Waals surface area contributed by atoms with E-state index in [1.165, 1.54) is 0 Å². The van der Waals surface area contributed by atoms with Gasteiger partial charge in [0.05, 0.1) is 5.52 Å². The fraction of sp³-hybridized carbons (Fsp3) is 0. The van der Waals surface area contributed by atoms with Gasteiger partial charge in [0.25, 0.3) is 0 Å². The van der Waals surface area contributed by atoms with E-state index in [1.807, 2.05) is 144 Å². The SMILES string of the molecule is c1ccc(-c2nc(-c3ccccc3)nc(-c3cccc(-c4cccc(-c5nc6c7ccccc7nc(-c7ccccc7)n6n5)c4)c3)n2)cc1. The molecule has 0 spiro atoms. The Morgan fingerprint density at radius 3 is 1.37 bits per heavy atom. The first kappa shape index (κ1) is 28.4. The summed E-state index contributed by atoms with van der Waals surface area (Å²) in [7, 11) is 0. The van der Waals surface area contributed by atoms with Gasteiger partial charge in [0.2, 0.25) is 0 Å². The minimum atomic E-state index is 0.612. The molecular formula is C42H27N7. The fourth-order valence-corrected chi connectivity index (χ4v) is 6.07. The molecular weight excluding hydrogens is 603 g/mol. The van der Waals surface area contributed by atoms with Crippen molar-refractivity contribution in [3.8, 4) is 68.1 Å². The smallest absolute Gasteiger partial charge is 0.182 e. The molecule has 9 rings (SSSR count). The van der Waals surface area contributed by atoms with E-state index < -0.39 is 0 Å². The molecule has 6 aromatic carbocycles. The molecule has 0 N–H and O–H groups in total. The Morgan fingerprint density at radius 2 is 0.776 bits per heavy atom. The van der Waals surface area contributed by atoms with E-state index in [-0.39, 0.29) is 0 Å². The summed E-state index contributed by atoms with van der Waals surface area (Å²) in [6.07, 6.45) is 0. The quantitative estimate of drug-likeness (QED) is 0.182. The number of nitrogens with zero attached hydrogens (tertiary/aromatic N) is 7. The van der Waals surface area contributed by atoms with Crippen LogP contribution in [0.15, 0.2) is 164 Å². The average molecular weight is 630 g/mol. The Morgan fingerprint density at radius 1 is 0.327 bits per heavy atom. The van der Waals surface area contributed by atoms with Crippen molar-refractivity contribution >= 4 is 16.6 Å². The van der Waals surface area contributed by atoms with Crippen molar-refractivity contribution in [3.05, 3.63) is 164 Å². The van der Waals surface area contributed by atoms with E-state index in [9.17, 15) is 0 Å². The summed E-state index contributed by atoms with van der Waals surface area (Å²) in [4.78, 5) is 24.7. The summed E-state index contributed by atoms with van der Waals surface area (Å²) < 4.78 is 1.86. The molecule has 0 radical (unpaired) electrons. The molecule has 49 heavy (non-hydrogen) atoms. The van der Waals surface area contributed by atoms with Crippen LogP contribution in [-0.4, -0.2) is 34.5 Å². The largest absolute Gasteiger partial charge is 0.228 e. The predicted octanol–water partition coefficient (Wildman–Crippen LogP) is 9.46. The third-order valence-corrected chi connectivity index (χ3v) is 8.49. The van der Waals surface area contributed by atoms with Crippen molar-refractivity contribution in [2.75, 3.05) is 0 Å². The van der Waals surface area contributed by atoms with Crippen LogP contribution in [0.3, 0.4) is 0 Å². The zero-order valence-electron chi connectivity index (χ0n) is 26.2. The molecule has 0 unspecified atom stereocenters. The second-order valence-electron chi connectivity index (χ2n) is 11.7. The molecule has 7 nitrogen and oxygen atoms in total. The molecule has 0 aliphatic heterocycles.